The average Bonchev–Trinajstić information content (AvgIpc) is 3.41. The summed E-state index contributed by atoms with van der Waals surface area (Å²) in [5.74, 6) is -0.788. The second-order valence-corrected chi connectivity index (χ2v) is 10.2. The summed E-state index contributed by atoms with van der Waals surface area (Å²) in [4.78, 5) is 41.6. The summed E-state index contributed by atoms with van der Waals surface area (Å²) in [6.45, 7) is 7.25. The normalized spacial score (nSPS) is 15.7. The summed E-state index contributed by atoms with van der Waals surface area (Å²) in [5.41, 5.74) is 3.47. The number of carboxylic acid groups (broad SMARTS) is 1. The van der Waals surface area contributed by atoms with E-state index in [2.05, 4.69) is 18.6 Å². The van der Waals surface area contributed by atoms with Crippen molar-refractivity contribution in [3.63, 3.8) is 0 Å². The molecule has 0 spiro atoms. The molecule has 2 aliphatic rings. The average molecular weight is 567 g/mol. The van der Waals surface area contributed by atoms with E-state index in [0.717, 1.165) is 30.5 Å². The minimum atomic E-state index is -1.18. The van der Waals surface area contributed by atoms with Crippen molar-refractivity contribution >= 4 is 29.2 Å². The molecule has 0 radical (unpaired) electrons. The second kappa shape index (κ2) is 12.7. The van der Waals surface area contributed by atoms with Gasteiger partial charge in [-0.25, -0.2) is 9.48 Å². The molecule has 42 heavy (non-hydrogen) atoms. The molecule has 0 saturated carbocycles. The summed E-state index contributed by atoms with van der Waals surface area (Å²) >= 11 is 0. The highest BCUT2D eigenvalue weighted by atomic mass is 16.5. The lowest BCUT2D eigenvalue weighted by Gasteiger charge is -2.29. The zero-order valence-corrected chi connectivity index (χ0v) is 23.7. The number of benzene rings is 2. The van der Waals surface area contributed by atoms with Gasteiger partial charge in [0.05, 0.1) is 5.69 Å². The number of rotatable bonds is 10. The van der Waals surface area contributed by atoms with Crippen LogP contribution in [-0.2, 0) is 11.2 Å². The second-order valence-electron chi connectivity index (χ2n) is 10.2. The molecule has 9 heteroatoms. The van der Waals surface area contributed by atoms with Crippen molar-refractivity contribution in [2.24, 2.45) is 0 Å². The summed E-state index contributed by atoms with van der Waals surface area (Å²) in [6, 6.07) is 14.4. The van der Waals surface area contributed by atoms with Gasteiger partial charge in [0.2, 0.25) is 5.91 Å². The highest BCUT2D eigenvalue weighted by Crippen LogP contribution is 2.31. The topological polar surface area (TPSA) is 105 Å². The third-order valence-corrected chi connectivity index (χ3v) is 7.45. The number of allylic oxidation sites excluding steroid dienone is 3. The number of anilines is 2. The Morgan fingerprint density at radius 3 is 2.31 bits per heavy atom. The molecule has 3 heterocycles. The predicted octanol–water partition coefficient (Wildman–Crippen LogP) is 5.75. The minimum Gasteiger partial charge on any atom is -0.489 e. The molecule has 1 fully saturated rings. The Kier molecular flexibility index (Phi) is 8.66. The number of piperidine rings is 1. The number of hydrogen-bond donors (Lipinski definition) is 1. The summed E-state index contributed by atoms with van der Waals surface area (Å²) in [5, 5.41) is 14.2. The molecular weight excluding hydrogens is 532 g/mol. The molecule has 1 N–H and O–H groups in total. The van der Waals surface area contributed by atoms with Crippen molar-refractivity contribution in [3.05, 3.63) is 102 Å². The van der Waals surface area contributed by atoms with Gasteiger partial charge in [0, 0.05) is 36.4 Å². The lowest BCUT2D eigenvalue weighted by molar-refractivity contribution is -0.119. The maximum Gasteiger partial charge on any atom is 0.356 e. The number of aromatic nitrogens is 2. The molecule has 0 unspecified atom stereocenters. The Morgan fingerprint density at radius 2 is 1.67 bits per heavy atom. The van der Waals surface area contributed by atoms with E-state index in [9.17, 15) is 19.5 Å². The van der Waals surface area contributed by atoms with Crippen LogP contribution in [-0.4, -0.2) is 52.4 Å². The number of hydrogen-bond acceptors (Lipinski definition) is 5. The van der Waals surface area contributed by atoms with Crippen LogP contribution in [0.1, 0.15) is 59.1 Å². The Morgan fingerprint density at radius 1 is 0.976 bits per heavy atom. The van der Waals surface area contributed by atoms with E-state index < -0.39 is 5.97 Å². The summed E-state index contributed by atoms with van der Waals surface area (Å²) in [6.07, 6.45) is 11.4. The number of ether oxygens (including phenoxy) is 1. The van der Waals surface area contributed by atoms with E-state index in [0.29, 0.717) is 55.2 Å². The molecule has 3 aromatic rings. The van der Waals surface area contributed by atoms with Gasteiger partial charge in [-0.1, -0.05) is 37.8 Å². The van der Waals surface area contributed by atoms with Crippen LogP contribution in [0.3, 0.4) is 0 Å². The number of carbonyl (C=O) groups excluding carboxylic acids is 2. The van der Waals surface area contributed by atoms with Gasteiger partial charge in [-0.15, -0.1) is 0 Å². The molecule has 9 nitrogen and oxygen atoms in total. The van der Waals surface area contributed by atoms with Crippen molar-refractivity contribution in [2.75, 3.05) is 29.5 Å². The molecule has 216 valence electrons. The van der Waals surface area contributed by atoms with Crippen molar-refractivity contribution in [1.82, 2.24) is 9.78 Å². The number of aromatic carboxylic acids is 1. The van der Waals surface area contributed by atoms with Crippen molar-refractivity contribution < 1.29 is 24.2 Å². The molecule has 2 aromatic carbocycles. The van der Waals surface area contributed by atoms with Crippen molar-refractivity contribution in [2.45, 2.75) is 39.0 Å². The highest BCUT2D eigenvalue weighted by Gasteiger charge is 2.35. The first kappa shape index (κ1) is 28.6. The monoisotopic (exact) mass is 566 g/mol. The molecule has 0 atom stereocenters. The highest BCUT2D eigenvalue weighted by molar-refractivity contribution is 6.09. The first-order valence-corrected chi connectivity index (χ1v) is 14.2. The fourth-order valence-corrected chi connectivity index (χ4v) is 5.21. The van der Waals surface area contributed by atoms with Crippen molar-refractivity contribution in [3.8, 4) is 11.4 Å². The fourth-order valence-electron chi connectivity index (χ4n) is 5.21. The van der Waals surface area contributed by atoms with Gasteiger partial charge in [0.1, 0.15) is 18.1 Å². The van der Waals surface area contributed by atoms with E-state index in [1.165, 1.54) is 4.68 Å². The molecule has 1 aromatic heterocycles. The first-order chi connectivity index (χ1) is 20.4. The molecule has 2 amide bonds. The van der Waals surface area contributed by atoms with Gasteiger partial charge in [-0.05, 0) is 79.8 Å². The molecule has 5 rings (SSSR count). The van der Waals surface area contributed by atoms with Crippen LogP contribution in [0.25, 0.3) is 5.69 Å². The number of carboxylic acids is 1. The predicted molar refractivity (Wildman–Crippen MR) is 162 cm³/mol. The Bertz CT molecular complexity index is 1550. The molecular formula is C33H34N4O5. The number of nitrogens with zero attached hydrogens (tertiary/aromatic N) is 4. The Balaban J connectivity index is 1.38. The zero-order valence-electron chi connectivity index (χ0n) is 23.7. The Labute approximate surface area is 245 Å². The SMILES string of the molecule is C=CC(=CC=CCC)COc1ccc(-n2nc(C(=O)O)c3c2C(=O)N(c2ccc(N4CCCCC4=O)cc2)CC3)cc1. The van der Waals surface area contributed by atoms with Crippen molar-refractivity contribution in [1.29, 1.82) is 0 Å². The van der Waals surface area contributed by atoms with Gasteiger partial charge >= 0.3 is 5.97 Å². The third-order valence-electron chi connectivity index (χ3n) is 7.45. The summed E-state index contributed by atoms with van der Waals surface area (Å²) < 4.78 is 7.30. The number of amides is 2. The molecule has 0 bridgehead atoms. The fraction of sp³-hybridized carbons (Fsp3) is 0.273. The van der Waals surface area contributed by atoms with E-state index in [1.54, 1.807) is 40.1 Å². The smallest absolute Gasteiger partial charge is 0.356 e. The van der Waals surface area contributed by atoms with Gasteiger partial charge in [0.25, 0.3) is 5.91 Å². The van der Waals surface area contributed by atoms with E-state index in [4.69, 9.17) is 4.74 Å². The van der Waals surface area contributed by atoms with Crippen LogP contribution >= 0.6 is 0 Å². The molecule has 2 aliphatic heterocycles. The van der Waals surface area contributed by atoms with Gasteiger partial charge in [-0.2, -0.15) is 5.10 Å². The number of carbonyl (C=O) groups is 3. The zero-order chi connectivity index (χ0) is 29.6. The first-order valence-electron chi connectivity index (χ1n) is 14.2. The van der Waals surface area contributed by atoms with Crippen LogP contribution in [0.2, 0.25) is 0 Å². The van der Waals surface area contributed by atoms with E-state index in [1.807, 2.05) is 42.5 Å². The molecule has 1 saturated heterocycles. The van der Waals surface area contributed by atoms with Crippen LogP contribution in [0.4, 0.5) is 11.4 Å². The lowest BCUT2D eigenvalue weighted by Crippen LogP contribution is -2.39. The third kappa shape index (κ3) is 5.90. The van der Waals surface area contributed by atoms with Crippen LogP contribution in [0, 0.1) is 0 Å². The summed E-state index contributed by atoms with van der Waals surface area (Å²) in [7, 11) is 0. The quantitative estimate of drug-likeness (QED) is 0.314. The molecule has 0 aliphatic carbocycles. The van der Waals surface area contributed by atoms with E-state index >= 15 is 0 Å². The van der Waals surface area contributed by atoms with Crippen LogP contribution in [0.15, 0.2) is 85.0 Å². The lowest BCUT2D eigenvalue weighted by atomic mass is 10.0. The van der Waals surface area contributed by atoms with Gasteiger partial charge in [0.15, 0.2) is 5.69 Å². The Hall–Kier alpha value is -4.92. The minimum absolute atomic E-state index is 0.107. The van der Waals surface area contributed by atoms with Gasteiger partial charge < -0.3 is 19.6 Å². The largest absolute Gasteiger partial charge is 0.489 e. The number of fused-ring (bicyclic) bond motifs is 1. The maximum atomic E-state index is 13.8. The van der Waals surface area contributed by atoms with Crippen LogP contribution < -0.4 is 14.5 Å². The maximum absolute atomic E-state index is 13.8. The van der Waals surface area contributed by atoms with Gasteiger partial charge in [-0.3, -0.25) is 9.59 Å². The standard InChI is InChI=1S/C33H34N4O5/c1-3-5-6-9-23(4-2)22-42-27-17-15-26(16-18-27)37-31-28(30(34-37)33(40)41)19-21-36(32(31)39)25-13-11-24(12-14-25)35-20-8-7-10-29(35)38/h4-6,9,11-18H,2-3,7-8,10,19-22H2,1H3,(H,40,41). The van der Waals surface area contributed by atoms with Crippen LogP contribution in [0.5, 0.6) is 5.75 Å². The van der Waals surface area contributed by atoms with E-state index in [-0.39, 0.29) is 23.2 Å².